The van der Waals surface area contributed by atoms with Crippen molar-refractivity contribution in [1.82, 2.24) is 0 Å². The van der Waals surface area contributed by atoms with E-state index in [1.807, 2.05) is 0 Å². The third-order valence-corrected chi connectivity index (χ3v) is 6.68. The minimum atomic E-state index is -6.63. The molecule has 1 N–H and O–H groups in total. The van der Waals surface area contributed by atoms with Crippen LogP contribution in [0, 0.1) is 6.92 Å². The van der Waals surface area contributed by atoms with Crippen molar-refractivity contribution in [3.05, 3.63) is 52.6 Å². The summed E-state index contributed by atoms with van der Waals surface area (Å²) in [5, 5.41) is 8.99. The number of anilines is 1. The maximum atomic E-state index is 13.5. The Balaban J connectivity index is 2.12. The van der Waals surface area contributed by atoms with Gasteiger partial charge in [0.05, 0.1) is 25.1 Å². The van der Waals surface area contributed by atoms with Crippen LogP contribution in [0.5, 0.6) is 11.5 Å². The Kier molecular flexibility index (Phi) is 7.99. The van der Waals surface area contributed by atoms with Crippen molar-refractivity contribution in [2.24, 2.45) is 0 Å². The highest BCUT2D eigenvalue weighted by Gasteiger charge is 2.50. The van der Waals surface area contributed by atoms with Gasteiger partial charge in [0.2, 0.25) is 0 Å². The van der Waals surface area contributed by atoms with Gasteiger partial charge in [0.25, 0.3) is 0 Å². The first kappa shape index (κ1) is 30.8. The Hall–Kier alpha value is -3.70. The SMILES string of the molecule is Cc1c(CN(C(=O)C(F)(F)F)c2ccc3c(c2)OC[C@H]3CC(=O)O)ccc(C(F)(F)F)c1OS(=O)(=O)C(F)(F)F. The molecule has 40 heavy (non-hydrogen) atoms. The highest BCUT2D eigenvalue weighted by atomic mass is 32.2. The minimum absolute atomic E-state index is 0.0335. The fraction of sp³-hybridized carbons (Fsp3) is 0.364. The van der Waals surface area contributed by atoms with E-state index in [-0.39, 0.29) is 29.7 Å². The van der Waals surface area contributed by atoms with Crippen LogP contribution in [0.15, 0.2) is 30.3 Å². The van der Waals surface area contributed by atoms with Gasteiger partial charge in [-0.2, -0.15) is 47.9 Å². The highest BCUT2D eigenvalue weighted by molar-refractivity contribution is 7.88. The van der Waals surface area contributed by atoms with Crippen molar-refractivity contribution >= 4 is 27.7 Å². The van der Waals surface area contributed by atoms with Gasteiger partial charge in [-0.05, 0) is 30.2 Å². The Morgan fingerprint density at radius 1 is 1.05 bits per heavy atom. The second-order valence-electron chi connectivity index (χ2n) is 8.42. The highest BCUT2D eigenvalue weighted by Crippen LogP contribution is 2.43. The molecule has 0 saturated heterocycles. The smallest absolute Gasteiger partial charge is 0.493 e. The number of aliphatic carboxylic acids is 1. The predicted octanol–water partition coefficient (Wildman–Crippen LogP) is 5.29. The van der Waals surface area contributed by atoms with Crippen LogP contribution >= 0.6 is 0 Å². The molecule has 1 heterocycles. The van der Waals surface area contributed by atoms with E-state index in [1.165, 1.54) is 6.07 Å². The van der Waals surface area contributed by atoms with Crippen molar-refractivity contribution in [3.8, 4) is 11.5 Å². The third kappa shape index (κ3) is 6.37. The van der Waals surface area contributed by atoms with E-state index in [0.717, 1.165) is 12.1 Å². The summed E-state index contributed by atoms with van der Waals surface area (Å²) in [6, 6.07) is 3.77. The lowest BCUT2D eigenvalue weighted by atomic mass is 9.97. The Labute approximate surface area is 219 Å². The van der Waals surface area contributed by atoms with Crippen LogP contribution in [0.1, 0.15) is 34.6 Å². The number of carboxylic acids is 1. The van der Waals surface area contributed by atoms with Crippen LogP contribution in [0.4, 0.5) is 45.2 Å². The molecular formula is C22H16F9NO7S. The molecule has 220 valence electrons. The van der Waals surface area contributed by atoms with Crippen LogP contribution < -0.4 is 13.8 Å². The van der Waals surface area contributed by atoms with Crippen molar-refractivity contribution in [1.29, 1.82) is 0 Å². The topological polar surface area (TPSA) is 110 Å². The van der Waals surface area contributed by atoms with Gasteiger partial charge in [0.1, 0.15) is 5.75 Å². The number of carboxylic acid groups (broad SMARTS) is 1. The van der Waals surface area contributed by atoms with E-state index in [9.17, 15) is 57.5 Å². The van der Waals surface area contributed by atoms with Crippen LogP contribution in [0.3, 0.4) is 0 Å². The fourth-order valence-corrected chi connectivity index (χ4v) is 4.34. The first-order chi connectivity index (χ1) is 18.1. The number of carbonyl (C=O) groups excluding carboxylic acids is 1. The number of alkyl halides is 9. The number of hydrogen-bond acceptors (Lipinski definition) is 6. The van der Waals surface area contributed by atoms with Gasteiger partial charge in [-0.15, -0.1) is 0 Å². The van der Waals surface area contributed by atoms with Gasteiger partial charge in [-0.25, -0.2) is 0 Å². The van der Waals surface area contributed by atoms with E-state index >= 15 is 0 Å². The summed E-state index contributed by atoms with van der Waals surface area (Å²) in [6.07, 6.45) is -11.4. The summed E-state index contributed by atoms with van der Waals surface area (Å²) in [4.78, 5) is 23.3. The Morgan fingerprint density at radius 3 is 2.20 bits per heavy atom. The number of hydrogen-bond donors (Lipinski definition) is 1. The maximum Gasteiger partial charge on any atom is 0.534 e. The van der Waals surface area contributed by atoms with Crippen molar-refractivity contribution in [2.45, 2.75) is 43.7 Å². The van der Waals surface area contributed by atoms with E-state index < -0.39 is 80.4 Å². The Bertz CT molecular complexity index is 1430. The molecule has 0 radical (unpaired) electrons. The maximum absolute atomic E-state index is 13.5. The van der Waals surface area contributed by atoms with Gasteiger partial charge in [-0.1, -0.05) is 12.1 Å². The number of amides is 1. The van der Waals surface area contributed by atoms with Crippen LogP contribution in [-0.2, 0) is 32.4 Å². The van der Waals surface area contributed by atoms with Gasteiger partial charge < -0.3 is 18.9 Å². The molecule has 1 amide bonds. The molecule has 1 aliphatic heterocycles. The molecule has 0 aromatic heterocycles. The number of nitrogens with zero attached hydrogens (tertiary/aromatic N) is 1. The number of halogens is 9. The average Bonchev–Trinajstić information content (AvgIpc) is 3.18. The molecular weight excluding hydrogens is 593 g/mol. The number of ether oxygens (including phenoxy) is 1. The lowest BCUT2D eigenvalue weighted by molar-refractivity contribution is -0.170. The van der Waals surface area contributed by atoms with Crippen molar-refractivity contribution in [2.75, 3.05) is 11.5 Å². The molecule has 0 saturated carbocycles. The molecule has 1 aliphatic rings. The zero-order valence-electron chi connectivity index (χ0n) is 19.7. The number of benzene rings is 2. The van der Waals surface area contributed by atoms with E-state index in [4.69, 9.17) is 9.84 Å². The number of rotatable bonds is 7. The zero-order chi connectivity index (χ0) is 30.4. The summed E-state index contributed by atoms with van der Waals surface area (Å²) in [7, 11) is -6.63. The molecule has 0 unspecified atom stereocenters. The summed E-state index contributed by atoms with van der Waals surface area (Å²) in [5.74, 6) is -6.30. The molecule has 0 spiro atoms. The quantitative estimate of drug-likeness (QED) is 0.258. The normalized spacial score (nSPS) is 15.8. The molecule has 1 atom stereocenters. The average molecular weight is 609 g/mol. The molecule has 0 bridgehead atoms. The molecule has 2 aromatic carbocycles. The minimum Gasteiger partial charge on any atom is -0.493 e. The van der Waals surface area contributed by atoms with Crippen molar-refractivity contribution < 1.29 is 71.5 Å². The Morgan fingerprint density at radius 2 is 1.68 bits per heavy atom. The second kappa shape index (κ2) is 10.4. The number of carbonyl (C=O) groups is 2. The van der Waals surface area contributed by atoms with Crippen molar-refractivity contribution in [3.63, 3.8) is 0 Å². The molecule has 0 fully saturated rings. The molecule has 3 rings (SSSR count). The lowest BCUT2D eigenvalue weighted by Crippen LogP contribution is -2.41. The summed E-state index contributed by atoms with van der Waals surface area (Å²) >= 11 is 0. The standard InChI is InChI=1S/C22H16F9NO7S/c1-10-11(2-5-15(20(23,24)25)18(10)39-40(36,37)22(29,30)31)8-32(19(35)21(26,27)28)13-3-4-14-12(6-17(33)34)9-38-16(14)7-13/h2-5,7,12H,6,8-9H2,1H3,(H,33,34)/t12-/m1/s1. The van der Waals surface area contributed by atoms with E-state index in [2.05, 4.69) is 4.18 Å². The molecule has 2 aromatic rings. The summed E-state index contributed by atoms with van der Waals surface area (Å²) < 4.78 is 151. The third-order valence-electron chi connectivity index (χ3n) is 5.73. The van der Waals surface area contributed by atoms with E-state index in [0.29, 0.717) is 18.6 Å². The molecule has 8 nitrogen and oxygen atoms in total. The molecule has 0 aliphatic carbocycles. The molecule has 18 heteroatoms. The summed E-state index contributed by atoms with van der Waals surface area (Å²) in [5.41, 5.74) is -9.89. The predicted molar refractivity (Wildman–Crippen MR) is 116 cm³/mol. The fourth-order valence-electron chi connectivity index (χ4n) is 3.81. The van der Waals surface area contributed by atoms with Crippen LogP contribution in [-0.4, -0.2) is 43.7 Å². The first-order valence-electron chi connectivity index (χ1n) is 10.7. The largest absolute Gasteiger partial charge is 0.534 e. The number of fused-ring (bicyclic) bond motifs is 1. The van der Waals surface area contributed by atoms with Gasteiger partial charge in [0.15, 0.2) is 5.75 Å². The summed E-state index contributed by atoms with van der Waals surface area (Å²) in [6.45, 7) is -0.670. The van der Waals surface area contributed by atoms with Gasteiger partial charge in [-0.3, -0.25) is 9.59 Å². The monoisotopic (exact) mass is 609 g/mol. The van der Waals surface area contributed by atoms with Gasteiger partial charge in [0, 0.05) is 23.2 Å². The second-order valence-corrected chi connectivity index (χ2v) is 9.96. The van der Waals surface area contributed by atoms with Crippen LogP contribution in [0.2, 0.25) is 0 Å². The van der Waals surface area contributed by atoms with E-state index in [1.54, 1.807) is 0 Å². The van der Waals surface area contributed by atoms with Crippen LogP contribution in [0.25, 0.3) is 0 Å². The first-order valence-corrected chi connectivity index (χ1v) is 12.1. The lowest BCUT2D eigenvalue weighted by Gasteiger charge is -2.26. The zero-order valence-corrected chi connectivity index (χ0v) is 20.6. The van der Waals surface area contributed by atoms with Gasteiger partial charge >= 0.3 is 39.9 Å².